The van der Waals surface area contributed by atoms with Gasteiger partial charge in [0.05, 0.1) is 6.26 Å². The van der Waals surface area contributed by atoms with Crippen LogP contribution in [0.2, 0.25) is 0 Å². The van der Waals surface area contributed by atoms with Crippen LogP contribution in [-0.4, -0.2) is 57.2 Å². The number of benzene rings is 1. The minimum Gasteiger partial charge on any atom is -0.435 e. The number of nitrogens with zero attached hydrogens (tertiary/aromatic N) is 1. The molecule has 0 unspecified atom stereocenters. The smallest absolute Gasteiger partial charge is 0.387 e. The molecular weight excluding hydrogens is 420 g/mol. The lowest BCUT2D eigenvalue weighted by atomic mass is 10.1. The van der Waals surface area contributed by atoms with Crippen LogP contribution in [0.3, 0.4) is 0 Å². The predicted octanol–water partition coefficient (Wildman–Crippen LogP) is 2.44. The predicted molar refractivity (Wildman–Crippen MR) is 96.3 cm³/mol. The maximum Gasteiger partial charge on any atom is 0.387 e. The molecule has 0 bridgehead atoms. The molecule has 162 valence electrons. The fraction of sp³-hybridized carbons (Fsp3) is 0.471. The van der Waals surface area contributed by atoms with E-state index in [-0.39, 0.29) is 30.4 Å². The van der Waals surface area contributed by atoms with Crippen LogP contribution in [-0.2, 0) is 14.8 Å². The first kappa shape index (κ1) is 22.9. The first-order chi connectivity index (χ1) is 13.5. The second-order valence-electron chi connectivity index (χ2n) is 6.23. The summed E-state index contributed by atoms with van der Waals surface area (Å²) in [6, 6.07) is 2.97. The zero-order valence-corrected chi connectivity index (χ0v) is 16.2. The number of halogens is 4. The molecule has 1 N–H and O–H groups in total. The van der Waals surface area contributed by atoms with E-state index in [2.05, 4.69) is 14.8 Å². The van der Waals surface area contributed by atoms with Crippen LogP contribution >= 0.6 is 0 Å². The average Bonchev–Trinajstić information content (AvgIpc) is 2.59. The van der Waals surface area contributed by atoms with Gasteiger partial charge in [-0.25, -0.2) is 12.7 Å². The van der Waals surface area contributed by atoms with Crippen LogP contribution < -0.4 is 14.8 Å². The van der Waals surface area contributed by atoms with Crippen molar-refractivity contribution in [1.29, 1.82) is 0 Å². The second-order valence-corrected chi connectivity index (χ2v) is 8.22. The molecule has 0 saturated carbocycles. The quantitative estimate of drug-likeness (QED) is 0.496. The summed E-state index contributed by atoms with van der Waals surface area (Å²) in [5.74, 6) is -1.31. The van der Waals surface area contributed by atoms with E-state index >= 15 is 0 Å². The fourth-order valence-corrected chi connectivity index (χ4v) is 3.65. The molecule has 2 rings (SSSR count). The third kappa shape index (κ3) is 7.54. The van der Waals surface area contributed by atoms with Gasteiger partial charge in [0, 0.05) is 36.8 Å². The second kappa shape index (κ2) is 9.92. The molecule has 1 aromatic carbocycles. The Morgan fingerprint density at radius 2 is 1.79 bits per heavy atom. The highest BCUT2D eigenvalue weighted by molar-refractivity contribution is 7.88. The lowest BCUT2D eigenvalue weighted by molar-refractivity contribution is -0.117. The topological polar surface area (TPSA) is 84.9 Å². The van der Waals surface area contributed by atoms with Gasteiger partial charge in [0.25, 0.3) is 0 Å². The van der Waals surface area contributed by atoms with E-state index in [0.29, 0.717) is 12.8 Å². The number of hydrogen-bond donors (Lipinski definition) is 1. The van der Waals surface area contributed by atoms with E-state index < -0.39 is 34.9 Å². The van der Waals surface area contributed by atoms with Gasteiger partial charge < -0.3 is 14.8 Å². The minimum absolute atomic E-state index is 0.0639. The van der Waals surface area contributed by atoms with E-state index in [1.165, 1.54) is 16.4 Å². The fourth-order valence-electron chi connectivity index (χ4n) is 2.77. The summed E-state index contributed by atoms with van der Waals surface area (Å²) in [5.41, 5.74) is 0.0639. The average molecular weight is 440 g/mol. The van der Waals surface area contributed by atoms with E-state index in [1.807, 2.05) is 0 Å². The number of carbonyl (C=O) groups is 1. The zero-order chi connectivity index (χ0) is 21.6. The summed E-state index contributed by atoms with van der Waals surface area (Å²) in [7, 11) is -3.28. The molecule has 1 heterocycles. The van der Waals surface area contributed by atoms with Crippen molar-refractivity contribution in [3.63, 3.8) is 0 Å². The third-order valence-electron chi connectivity index (χ3n) is 4.11. The molecule has 0 aromatic heterocycles. The molecule has 1 aliphatic rings. The van der Waals surface area contributed by atoms with Gasteiger partial charge in [-0.1, -0.05) is 0 Å². The van der Waals surface area contributed by atoms with Crippen molar-refractivity contribution < 1.29 is 40.2 Å². The lowest BCUT2D eigenvalue weighted by Crippen LogP contribution is -2.45. The summed E-state index contributed by atoms with van der Waals surface area (Å²) >= 11 is 0. The number of piperidine rings is 1. The summed E-state index contributed by atoms with van der Waals surface area (Å²) in [4.78, 5) is 12.1. The van der Waals surface area contributed by atoms with Crippen molar-refractivity contribution in [2.75, 3.05) is 19.3 Å². The van der Waals surface area contributed by atoms with E-state index in [4.69, 9.17) is 0 Å². The standard InChI is InChI=1S/C17H20F4N2O5S/c1-29(25,26)23-8-6-12(7-9-23)22-15(24)5-3-11-2-4-13(27-16(18)19)10-14(11)28-17(20)21/h2-5,10,12,16-17H,6-9H2,1H3,(H,22,24)/b5-3+. The van der Waals surface area contributed by atoms with Gasteiger partial charge >= 0.3 is 13.2 Å². The Morgan fingerprint density at radius 3 is 2.34 bits per heavy atom. The van der Waals surface area contributed by atoms with Crippen molar-refractivity contribution in [3.8, 4) is 11.5 Å². The first-order valence-corrected chi connectivity index (χ1v) is 10.4. The molecule has 0 atom stereocenters. The van der Waals surface area contributed by atoms with Crippen LogP contribution in [0.15, 0.2) is 24.3 Å². The van der Waals surface area contributed by atoms with Crippen molar-refractivity contribution >= 4 is 22.0 Å². The van der Waals surface area contributed by atoms with Gasteiger partial charge in [0.15, 0.2) is 0 Å². The van der Waals surface area contributed by atoms with Crippen molar-refractivity contribution in [1.82, 2.24) is 9.62 Å². The Kier molecular flexibility index (Phi) is 7.85. The van der Waals surface area contributed by atoms with Gasteiger partial charge in [0.1, 0.15) is 11.5 Å². The first-order valence-electron chi connectivity index (χ1n) is 8.52. The van der Waals surface area contributed by atoms with Crippen LogP contribution in [0.25, 0.3) is 6.08 Å². The van der Waals surface area contributed by atoms with Gasteiger partial charge in [-0.3, -0.25) is 4.79 Å². The molecule has 0 spiro atoms. The number of hydrogen-bond acceptors (Lipinski definition) is 5. The maximum absolute atomic E-state index is 12.6. The molecule has 1 aromatic rings. The van der Waals surface area contributed by atoms with Gasteiger partial charge in [-0.05, 0) is 31.1 Å². The highest BCUT2D eigenvalue weighted by atomic mass is 32.2. The molecule has 1 fully saturated rings. The molecule has 29 heavy (non-hydrogen) atoms. The number of alkyl halides is 4. The summed E-state index contributed by atoms with van der Waals surface area (Å²) in [6.45, 7) is -5.76. The van der Waals surface area contributed by atoms with Crippen LogP contribution in [0.4, 0.5) is 17.6 Å². The largest absolute Gasteiger partial charge is 0.435 e. The third-order valence-corrected chi connectivity index (χ3v) is 5.41. The molecule has 0 radical (unpaired) electrons. The molecule has 1 amide bonds. The SMILES string of the molecule is CS(=O)(=O)N1CCC(NC(=O)/C=C/c2ccc(OC(F)F)cc2OC(F)F)CC1. The summed E-state index contributed by atoms with van der Waals surface area (Å²) in [6.07, 6.45) is 4.28. The number of sulfonamides is 1. The zero-order valence-electron chi connectivity index (χ0n) is 15.4. The Bertz CT molecular complexity index is 840. The number of rotatable bonds is 8. The summed E-state index contributed by atoms with van der Waals surface area (Å²) < 4.78 is 82.4. The minimum atomic E-state index is -3.28. The van der Waals surface area contributed by atoms with Gasteiger partial charge in [0.2, 0.25) is 15.9 Å². The van der Waals surface area contributed by atoms with Gasteiger partial charge in [-0.2, -0.15) is 17.6 Å². The molecule has 0 aliphatic carbocycles. The van der Waals surface area contributed by atoms with E-state index in [9.17, 15) is 30.8 Å². The van der Waals surface area contributed by atoms with Crippen LogP contribution in [0.1, 0.15) is 18.4 Å². The van der Waals surface area contributed by atoms with Gasteiger partial charge in [-0.15, -0.1) is 0 Å². The number of amides is 1. The maximum atomic E-state index is 12.6. The molecule has 1 saturated heterocycles. The van der Waals surface area contributed by atoms with Crippen molar-refractivity contribution in [3.05, 3.63) is 29.8 Å². The molecular formula is C17H20F4N2O5S. The van der Waals surface area contributed by atoms with Crippen molar-refractivity contribution in [2.45, 2.75) is 32.1 Å². The molecule has 1 aliphatic heterocycles. The Hall–Kier alpha value is -2.34. The number of nitrogens with one attached hydrogen (secondary N) is 1. The lowest BCUT2D eigenvalue weighted by Gasteiger charge is -2.30. The van der Waals surface area contributed by atoms with Crippen LogP contribution in [0, 0.1) is 0 Å². The highest BCUT2D eigenvalue weighted by Gasteiger charge is 2.25. The molecule has 7 nitrogen and oxygen atoms in total. The van der Waals surface area contributed by atoms with Crippen LogP contribution in [0.5, 0.6) is 11.5 Å². The normalized spacial score (nSPS) is 16.5. The summed E-state index contributed by atoms with van der Waals surface area (Å²) in [5, 5.41) is 2.70. The Labute approximate surface area is 165 Å². The Morgan fingerprint density at radius 1 is 1.17 bits per heavy atom. The van der Waals surface area contributed by atoms with E-state index in [0.717, 1.165) is 24.5 Å². The molecule has 12 heteroatoms. The monoisotopic (exact) mass is 440 g/mol. The number of ether oxygens (including phenoxy) is 2. The van der Waals surface area contributed by atoms with E-state index in [1.54, 1.807) is 0 Å². The number of carbonyl (C=O) groups excluding carboxylic acids is 1. The van der Waals surface area contributed by atoms with Crippen molar-refractivity contribution in [2.24, 2.45) is 0 Å². The Balaban J connectivity index is 2.00. The highest BCUT2D eigenvalue weighted by Crippen LogP contribution is 2.28.